The largest absolute Gasteiger partial charge is 0.370 e. The molecule has 1 aromatic rings. The Morgan fingerprint density at radius 3 is 2.62 bits per heavy atom. The number of nitrogens with two attached hydrogens (primary N) is 2. The Hall–Kier alpha value is -1.60. The van der Waals surface area contributed by atoms with Crippen molar-refractivity contribution >= 4 is 30.0 Å². The van der Waals surface area contributed by atoms with Gasteiger partial charge in [-0.2, -0.15) is 5.10 Å². The number of carbonyl (C=O) groups excluding carboxylic acids is 2. The summed E-state index contributed by atoms with van der Waals surface area (Å²) >= 11 is 0. The van der Waals surface area contributed by atoms with E-state index >= 15 is 0 Å². The summed E-state index contributed by atoms with van der Waals surface area (Å²) in [5.74, 6) is -0.110. The summed E-state index contributed by atoms with van der Waals surface area (Å²) in [7, 11) is 0. The molecule has 2 rings (SSSR count). The zero-order valence-electron chi connectivity index (χ0n) is 11.9. The smallest absolute Gasteiger partial charge is 0.245 e. The van der Waals surface area contributed by atoms with Crippen LogP contribution in [0.2, 0.25) is 0 Å². The van der Waals surface area contributed by atoms with Crippen LogP contribution >= 0.6 is 12.4 Å². The topological polar surface area (TPSA) is 116 Å². The number of aryl methyl sites for hydroxylation is 1. The van der Waals surface area contributed by atoms with E-state index in [1.54, 1.807) is 16.9 Å². The average molecular weight is 316 g/mol. The van der Waals surface area contributed by atoms with Crippen LogP contribution in [0.3, 0.4) is 0 Å². The van der Waals surface area contributed by atoms with Crippen molar-refractivity contribution in [3.8, 4) is 0 Å². The monoisotopic (exact) mass is 315 g/mol. The van der Waals surface area contributed by atoms with Crippen molar-refractivity contribution in [3.63, 3.8) is 0 Å². The van der Waals surface area contributed by atoms with Gasteiger partial charge in [-0.1, -0.05) is 19.3 Å². The van der Waals surface area contributed by atoms with Crippen molar-refractivity contribution in [1.82, 2.24) is 9.78 Å². The van der Waals surface area contributed by atoms with Crippen molar-refractivity contribution in [2.45, 2.75) is 50.6 Å². The Labute approximate surface area is 129 Å². The minimum absolute atomic E-state index is 0. The van der Waals surface area contributed by atoms with Crippen LogP contribution in [-0.4, -0.2) is 27.1 Å². The first-order valence-electron chi connectivity index (χ1n) is 6.92. The Bertz CT molecular complexity index is 497. The quantitative estimate of drug-likeness (QED) is 0.744. The molecule has 0 unspecified atom stereocenters. The number of primary amides is 1. The van der Waals surface area contributed by atoms with E-state index in [1.165, 1.54) is 0 Å². The zero-order chi connectivity index (χ0) is 14.6. The van der Waals surface area contributed by atoms with E-state index < -0.39 is 5.54 Å². The number of amides is 2. The highest BCUT2D eigenvalue weighted by Gasteiger charge is 2.35. The lowest BCUT2D eigenvalue weighted by molar-refractivity contribution is -0.122. The van der Waals surface area contributed by atoms with E-state index in [4.69, 9.17) is 11.5 Å². The van der Waals surface area contributed by atoms with Crippen LogP contribution in [0.15, 0.2) is 12.3 Å². The van der Waals surface area contributed by atoms with Crippen molar-refractivity contribution in [3.05, 3.63) is 12.3 Å². The van der Waals surface area contributed by atoms with Crippen molar-refractivity contribution < 1.29 is 9.59 Å². The summed E-state index contributed by atoms with van der Waals surface area (Å²) in [5.41, 5.74) is 10.4. The molecule has 1 aliphatic rings. The highest BCUT2D eigenvalue weighted by Crippen LogP contribution is 2.26. The number of nitrogens with one attached hydrogen (secondary N) is 1. The van der Waals surface area contributed by atoms with Gasteiger partial charge in [-0.3, -0.25) is 14.3 Å². The summed E-state index contributed by atoms with van der Waals surface area (Å²) < 4.78 is 1.57. The Morgan fingerprint density at radius 2 is 2.00 bits per heavy atom. The fourth-order valence-corrected chi connectivity index (χ4v) is 2.43. The van der Waals surface area contributed by atoms with Gasteiger partial charge in [-0.05, 0) is 12.8 Å². The molecule has 21 heavy (non-hydrogen) atoms. The SMILES string of the molecule is Cl.NC(=O)CCn1ccc(NC(=O)C2(N)CCCCC2)n1. The fourth-order valence-electron chi connectivity index (χ4n) is 2.43. The molecule has 1 aliphatic carbocycles. The highest BCUT2D eigenvalue weighted by atomic mass is 35.5. The molecule has 0 bridgehead atoms. The fraction of sp³-hybridized carbons (Fsp3) is 0.615. The van der Waals surface area contributed by atoms with E-state index in [1.807, 2.05) is 0 Å². The van der Waals surface area contributed by atoms with E-state index in [9.17, 15) is 9.59 Å². The molecule has 1 heterocycles. The van der Waals surface area contributed by atoms with Crippen LogP contribution in [-0.2, 0) is 16.1 Å². The van der Waals surface area contributed by atoms with Crippen LogP contribution in [0.5, 0.6) is 0 Å². The first kappa shape index (κ1) is 17.5. The van der Waals surface area contributed by atoms with Gasteiger partial charge < -0.3 is 16.8 Å². The normalized spacial score (nSPS) is 16.8. The Kier molecular flexibility index (Phi) is 6.17. The maximum atomic E-state index is 12.2. The third-order valence-corrected chi connectivity index (χ3v) is 3.67. The van der Waals surface area contributed by atoms with E-state index in [-0.39, 0.29) is 30.6 Å². The second-order valence-electron chi connectivity index (χ2n) is 5.35. The van der Waals surface area contributed by atoms with Gasteiger partial charge in [0.25, 0.3) is 0 Å². The van der Waals surface area contributed by atoms with E-state index in [2.05, 4.69) is 10.4 Å². The molecule has 1 aromatic heterocycles. The number of nitrogens with zero attached hydrogens (tertiary/aromatic N) is 2. The van der Waals surface area contributed by atoms with Crippen LogP contribution < -0.4 is 16.8 Å². The third kappa shape index (κ3) is 4.71. The molecule has 118 valence electrons. The molecule has 5 N–H and O–H groups in total. The molecule has 1 fully saturated rings. The summed E-state index contributed by atoms with van der Waals surface area (Å²) in [6, 6.07) is 1.69. The molecule has 0 aliphatic heterocycles. The first-order valence-corrected chi connectivity index (χ1v) is 6.92. The molecule has 0 radical (unpaired) electrons. The number of aromatic nitrogens is 2. The van der Waals surface area contributed by atoms with Gasteiger partial charge in [0.2, 0.25) is 11.8 Å². The van der Waals surface area contributed by atoms with Gasteiger partial charge in [-0.15, -0.1) is 12.4 Å². The molecule has 0 aromatic carbocycles. The Balaban J connectivity index is 0.00000220. The van der Waals surface area contributed by atoms with Gasteiger partial charge in [0.15, 0.2) is 5.82 Å². The lowest BCUT2D eigenvalue weighted by atomic mass is 9.82. The second kappa shape index (κ2) is 7.42. The molecular formula is C13H22ClN5O2. The minimum Gasteiger partial charge on any atom is -0.370 e. The van der Waals surface area contributed by atoms with Gasteiger partial charge in [0.05, 0.1) is 5.54 Å². The molecule has 0 atom stereocenters. The van der Waals surface area contributed by atoms with Crippen molar-refractivity contribution in [2.24, 2.45) is 11.5 Å². The third-order valence-electron chi connectivity index (χ3n) is 3.67. The zero-order valence-corrected chi connectivity index (χ0v) is 12.7. The standard InChI is InChI=1S/C13H21N5O2.ClH/c14-10(19)4-8-18-9-5-11(17-18)16-12(20)13(15)6-2-1-3-7-13;/h5,9H,1-4,6-8,15H2,(H2,14,19)(H,16,17,20);1H. The predicted molar refractivity (Wildman–Crippen MR) is 81.9 cm³/mol. The average Bonchev–Trinajstić information content (AvgIpc) is 2.85. The number of hydrogen-bond acceptors (Lipinski definition) is 4. The lowest BCUT2D eigenvalue weighted by Gasteiger charge is -2.31. The number of hydrogen-bond donors (Lipinski definition) is 3. The first-order chi connectivity index (χ1) is 9.49. The van der Waals surface area contributed by atoms with Crippen molar-refractivity contribution in [2.75, 3.05) is 5.32 Å². The van der Waals surface area contributed by atoms with Crippen LogP contribution in [0, 0.1) is 0 Å². The maximum Gasteiger partial charge on any atom is 0.245 e. The number of anilines is 1. The molecule has 2 amide bonds. The van der Waals surface area contributed by atoms with Crippen LogP contribution in [0.1, 0.15) is 38.5 Å². The minimum atomic E-state index is -0.782. The molecule has 0 spiro atoms. The maximum absolute atomic E-state index is 12.2. The summed E-state index contributed by atoms with van der Waals surface area (Å²) in [4.78, 5) is 22.9. The lowest BCUT2D eigenvalue weighted by Crippen LogP contribution is -2.52. The van der Waals surface area contributed by atoms with Gasteiger partial charge in [0, 0.05) is 25.2 Å². The van der Waals surface area contributed by atoms with Gasteiger partial charge >= 0.3 is 0 Å². The summed E-state index contributed by atoms with van der Waals surface area (Å²) in [6.07, 6.45) is 6.43. The van der Waals surface area contributed by atoms with E-state index in [0.717, 1.165) is 19.3 Å². The summed E-state index contributed by atoms with van der Waals surface area (Å²) in [6.45, 7) is 0.402. The summed E-state index contributed by atoms with van der Waals surface area (Å²) in [5, 5.41) is 6.92. The van der Waals surface area contributed by atoms with Crippen LogP contribution in [0.4, 0.5) is 5.82 Å². The van der Waals surface area contributed by atoms with Crippen molar-refractivity contribution in [1.29, 1.82) is 0 Å². The van der Waals surface area contributed by atoms with Gasteiger partial charge in [0.1, 0.15) is 0 Å². The molecule has 8 heteroatoms. The van der Waals surface area contributed by atoms with Crippen LogP contribution in [0.25, 0.3) is 0 Å². The molecular weight excluding hydrogens is 294 g/mol. The van der Waals surface area contributed by atoms with E-state index in [0.29, 0.717) is 25.2 Å². The number of carbonyl (C=O) groups is 2. The molecule has 1 saturated carbocycles. The number of rotatable bonds is 5. The molecule has 7 nitrogen and oxygen atoms in total. The predicted octanol–water partition coefficient (Wildman–Crippen LogP) is 0.780. The Morgan fingerprint density at radius 1 is 1.33 bits per heavy atom. The highest BCUT2D eigenvalue weighted by molar-refractivity contribution is 5.97. The number of halogens is 1. The van der Waals surface area contributed by atoms with Gasteiger partial charge in [-0.25, -0.2) is 0 Å². The molecule has 0 saturated heterocycles. The second-order valence-corrected chi connectivity index (χ2v) is 5.35.